The second kappa shape index (κ2) is 7.84. The van der Waals surface area contributed by atoms with E-state index in [9.17, 15) is 4.79 Å². The molecule has 0 aliphatic carbocycles. The van der Waals surface area contributed by atoms with Crippen LogP contribution in [0.3, 0.4) is 0 Å². The first-order valence-corrected chi connectivity index (χ1v) is 6.78. The van der Waals surface area contributed by atoms with Crippen molar-refractivity contribution in [2.75, 3.05) is 26.8 Å². The molecule has 112 valence electrons. The smallest absolute Gasteiger partial charge is 0.241 e. The van der Waals surface area contributed by atoms with Gasteiger partial charge in [-0.3, -0.25) is 4.79 Å². The summed E-state index contributed by atoms with van der Waals surface area (Å²) >= 11 is 5.88. The van der Waals surface area contributed by atoms with E-state index in [-0.39, 0.29) is 24.9 Å². The molecule has 1 heterocycles. The maximum Gasteiger partial charge on any atom is 0.241 e. The third-order valence-corrected chi connectivity index (χ3v) is 3.76. The summed E-state index contributed by atoms with van der Waals surface area (Å²) in [6.45, 7) is 1.74. The zero-order valence-corrected chi connectivity index (χ0v) is 13.0. The van der Waals surface area contributed by atoms with Crippen molar-refractivity contribution >= 4 is 29.9 Å². The molecule has 0 aromatic heterocycles. The quantitative estimate of drug-likeness (QED) is 0.924. The van der Waals surface area contributed by atoms with Gasteiger partial charge >= 0.3 is 0 Å². The van der Waals surface area contributed by atoms with Crippen molar-refractivity contribution in [3.63, 3.8) is 0 Å². The first-order chi connectivity index (χ1) is 9.11. The third kappa shape index (κ3) is 4.09. The van der Waals surface area contributed by atoms with Gasteiger partial charge in [-0.1, -0.05) is 23.7 Å². The van der Waals surface area contributed by atoms with Crippen molar-refractivity contribution in [1.82, 2.24) is 4.90 Å². The molecule has 1 aliphatic heterocycles. The Morgan fingerprint density at radius 1 is 1.50 bits per heavy atom. The lowest BCUT2D eigenvalue weighted by molar-refractivity contribution is -0.132. The number of nitrogens with two attached hydrogens (primary N) is 1. The largest absolute Gasteiger partial charge is 0.383 e. The molecular weight excluding hydrogens is 299 g/mol. The summed E-state index contributed by atoms with van der Waals surface area (Å²) in [4.78, 5) is 13.9. The molecule has 0 bridgehead atoms. The average Bonchev–Trinajstić information content (AvgIpc) is 2.88. The average molecular weight is 319 g/mol. The molecule has 0 spiro atoms. The molecule has 1 fully saturated rings. The minimum absolute atomic E-state index is 0. The van der Waals surface area contributed by atoms with E-state index in [0.29, 0.717) is 5.92 Å². The number of amides is 1. The third-order valence-electron chi connectivity index (χ3n) is 3.50. The van der Waals surface area contributed by atoms with Crippen molar-refractivity contribution in [3.8, 4) is 0 Å². The van der Waals surface area contributed by atoms with E-state index in [1.54, 1.807) is 7.11 Å². The molecule has 20 heavy (non-hydrogen) atoms. The van der Waals surface area contributed by atoms with E-state index >= 15 is 0 Å². The van der Waals surface area contributed by atoms with Gasteiger partial charge < -0.3 is 15.4 Å². The van der Waals surface area contributed by atoms with Gasteiger partial charge in [0.25, 0.3) is 0 Å². The maximum absolute atomic E-state index is 12.1. The highest BCUT2D eigenvalue weighted by molar-refractivity contribution is 6.30. The summed E-state index contributed by atoms with van der Waals surface area (Å²) in [5.41, 5.74) is 7.00. The molecular formula is C14H20Cl2N2O2. The Morgan fingerprint density at radius 3 is 2.75 bits per heavy atom. The van der Waals surface area contributed by atoms with Gasteiger partial charge in [-0.25, -0.2) is 0 Å². The van der Waals surface area contributed by atoms with Crippen molar-refractivity contribution in [2.24, 2.45) is 5.73 Å². The first-order valence-electron chi connectivity index (χ1n) is 6.40. The lowest BCUT2D eigenvalue weighted by atomic mass is 9.99. The number of rotatable bonds is 4. The number of halogens is 2. The molecule has 0 radical (unpaired) electrons. The normalized spacial score (nSPS) is 19.6. The molecule has 2 unspecified atom stereocenters. The maximum atomic E-state index is 12.1. The van der Waals surface area contributed by atoms with Gasteiger partial charge in [0, 0.05) is 31.1 Å². The predicted molar refractivity (Wildman–Crippen MR) is 82.5 cm³/mol. The molecule has 0 saturated carbocycles. The molecule has 2 rings (SSSR count). The molecule has 1 aromatic rings. The molecule has 4 nitrogen and oxygen atoms in total. The van der Waals surface area contributed by atoms with Crippen LogP contribution in [0.2, 0.25) is 5.02 Å². The summed E-state index contributed by atoms with van der Waals surface area (Å²) in [6, 6.07) is 7.26. The fourth-order valence-corrected chi connectivity index (χ4v) is 2.58. The molecule has 6 heteroatoms. The SMILES string of the molecule is COCC(N)C(=O)N1CCC(c2ccc(Cl)cc2)C1.Cl. The molecule has 2 atom stereocenters. The molecule has 2 N–H and O–H groups in total. The van der Waals surface area contributed by atoms with E-state index in [4.69, 9.17) is 22.1 Å². The topological polar surface area (TPSA) is 55.6 Å². The predicted octanol–water partition coefficient (Wildman–Crippen LogP) is 2.05. The fraction of sp³-hybridized carbons (Fsp3) is 0.500. The van der Waals surface area contributed by atoms with Crippen molar-refractivity contribution in [3.05, 3.63) is 34.9 Å². The number of carbonyl (C=O) groups excluding carboxylic acids is 1. The van der Waals surface area contributed by atoms with Crippen molar-refractivity contribution in [1.29, 1.82) is 0 Å². The monoisotopic (exact) mass is 318 g/mol. The van der Waals surface area contributed by atoms with Crippen molar-refractivity contribution in [2.45, 2.75) is 18.4 Å². The zero-order chi connectivity index (χ0) is 13.8. The van der Waals surface area contributed by atoms with Crippen LogP contribution < -0.4 is 5.73 Å². The van der Waals surface area contributed by atoms with E-state index in [2.05, 4.69) is 0 Å². The summed E-state index contributed by atoms with van der Waals surface area (Å²) < 4.78 is 4.92. The molecule has 1 aromatic carbocycles. The number of methoxy groups -OCH3 is 1. The van der Waals surface area contributed by atoms with Crippen LogP contribution in [0.5, 0.6) is 0 Å². The van der Waals surface area contributed by atoms with Gasteiger partial charge in [-0.2, -0.15) is 0 Å². The number of likely N-dealkylation sites (tertiary alicyclic amines) is 1. The van der Waals surface area contributed by atoms with Gasteiger partial charge in [0.15, 0.2) is 0 Å². The highest BCUT2D eigenvalue weighted by atomic mass is 35.5. The van der Waals surface area contributed by atoms with Gasteiger partial charge in [-0.05, 0) is 24.1 Å². The van der Waals surface area contributed by atoms with Gasteiger partial charge in [0.2, 0.25) is 5.91 Å². The Hall–Kier alpha value is -0.810. The number of hydrogen-bond donors (Lipinski definition) is 1. The Bertz CT molecular complexity index is 439. The van der Waals surface area contributed by atoms with Crippen LogP contribution in [0.1, 0.15) is 17.9 Å². The Morgan fingerprint density at radius 2 is 2.15 bits per heavy atom. The fourth-order valence-electron chi connectivity index (χ4n) is 2.45. The van der Waals surface area contributed by atoms with E-state index in [1.807, 2.05) is 29.2 Å². The summed E-state index contributed by atoms with van der Waals surface area (Å²) in [5.74, 6) is 0.342. The number of hydrogen-bond acceptors (Lipinski definition) is 3. The molecule has 1 saturated heterocycles. The highest BCUT2D eigenvalue weighted by Gasteiger charge is 2.29. The zero-order valence-electron chi connectivity index (χ0n) is 11.4. The Kier molecular flexibility index (Phi) is 6.76. The van der Waals surface area contributed by atoms with Crippen LogP contribution in [-0.4, -0.2) is 43.7 Å². The van der Waals surface area contributed by atoms with Crippen LogP contribution >= 0.6 is 24.0 Å². The number of ether oxygens (including phenoxy) is 1. The van der Waals surface area contributed by atoms with Gasteiger partial charge in [0.05, 0.1) is 6.61 Å². The number of nitrogens with zero attached hydrogens (tertiary/aromatic N) is 1. The van der Waals surface area contributed by atoms with Crippen LogP contribution in [0.25, 0.3) is 0 Å². The van der Waals surface area contributed by atoms with Gasteiger partial charge in [-0.15, -0.1) is 12.4 Å². The first kappa shape index (κ1) is 17.2. The second-order valence-electron chi connectivity index (χ2n) is 4.88. The molecule has 1 amide bonds. The number of carbonyl (C=O) groups is 1. The Balaban J connectivity index is 0.00000200. The van der Waals surface area contributed by atoms with Crippen molar-refractivity contribution < 1.29 is 9.53 Å². The Labute approximate surface area is 130 Å². The highest BCUT2D eigenvalue weighted by Crippen LogP contribution is 2.28. The minimum atomic E-state index is -0.561. The van der Waals surface area contributed by atoms with Crippen LogP contribution in [-0.2, 0) is 9.53 Å². The van der Waals surface area contributed by atoms with E-state index in [0.717, 1.165) is 24.5 Å². The summed E-state index contributed by atoms with van der Waals surface area (Å²) in [5, 5.41) is 0.733. The second-order valence-corrected chi connectivity index (χ2v) is 5.32. The van der Waals surface area contributed by atoms with Crippen LogP contribution in [0, 0.1) is 0 Å². The van der Waals surface area contributed by atoms with E-state index < -0.39 is 6.04 Å². The summed E-state index contributed by atoms with van der Waals surface area (Å²) in [7, 11) is 1.55. The lowest BCUT2D eigenvalue weighted by Crippen LogP contribution is -2.45. The summed E-state index contributed by atoms with van der Waals surface area (Å²) in [6.07, 6.45) is 0.965. The minimum Gasteiger partial charge on any atom is -0.383 e. The van der Waals surface area contributed by atoms with Gasteiger partial charge in [0.1, 0.15) is 6.04 Å². The van der Waals surface area contributed by atoms with E-state index in [1.165, 1.54) is 5.56 Å². The van der Waals surface area contributed by atoms with Crippen LogP contribution in [0.15, 0.2) is 24.3 Å². The molecule has 1 aliphatic rings. The lowest BCUT2D eigenvalue weighted by Gasteiger charge is -2.20. The van der Waals surface area contributed by atoms with Crippen LogP contribution in [0.4, 0.5) is 0 Å². The standard InChI is InChI=1S/C14H19ClN2O2.ClH/c1-19-9-13(16)14(18)17-7-6-11(8-17)10-2-4-12(15)5-3-10;/h2-5,11,13H,6-9,16H2,1H3;1H. The number of benzene rings is 1.